The normalized spacial score (nSPS) is 14.7. The zero-order valence-corrected chi connectivity index (χ0v) is 14.9. The molecule has 0 aromatic carbocycles. The molecule has 3 N–H and O–H groups in total. The fraction of sp³-hybridized carbons (Fsp3) is 1.00. The van der Waals surface area contributed by atoms with Crippen molar-refractivity contribution >= 4 is 0 Å². The Morgan fingerprint density at radius 3 is 1.86 bits per heavy atom. The molecule has 0 amide bonds. The average molecular weight is 319 g/mol. The van der Waals surface area contributed by atoms with Gasteiger partial charge in [-0.2, -0.15) is 0 Å². The van der Waals surface area contributed by atoms with E-state index < -0.39 is 6.10 Å². The number of nitrogens with one attached hydrogen (secondary N) is 1. The summed E-state index contributed by atoms with van der Waals surface area (Å²) in [5, 5.41) is 22.5. The number of ether oxygens (including phenoxy) is 2. The smallest absolute Gasteiger partial charge is 0.0897 e. The van der Waals surface area contributed by atoms with E-state index in [0.29, 0.717) is 44.9 Å². The average Bonchev–Trinajstić information content (AvgIpc) is 2.45. The molecule has 0 rings (SSSR count). The van der Waals surface area contributed by atoms with Crippen molar-refractivity contribution in [3.8, 4) is 0 Å². The van der Waals surface area contributed by atoms with Crippen LogP contribution in [0.3, 0.4) is 0 Å². The molecule has 0 fully saturated rings. The van der Waals surface area contributed by atoms with Crippen LogP contribution >= 0.6 is 0 Å². The fourth-order valence-corrected chi connectivity index (χ4v) is 1.89. The molecule has 0 spiro atoms. The van der Waals surface area contributed by atoms with Crippen molar-refractivity contribution in [2.24, 2.45) is 5.92 Å². The Labute approximate surface area is 136 Å². The summed E-state index contributed by atoms with van der Waals surface area (Å²) in [5.41, 5.74) is 0. The minimum absolute atomic E-state index is 0.345. The second kappa shape index (κ2) is 14.4. The molecule has 2 atom stereocenters. The lowest BCUT2D eigenvalue weighted by molar-refractivity contribution is 0.0178. The van der Waals surface area contributed by atoms with Gasteiger partial charge in [0.1, 0.15) is 0 Å². The number of unbranched alkanes of at least 4 members (excludes halogenated alkanes) is 1. The number of aliphatic hydroxyl groups is 2. The van der Waals surface area contributed by atoms with E-state index in [0.717, 1.165) is 25.7 Å². The van der Waals surface area contributed by atoms with E-state index >= 15 is 0 Å². The predicted octanol–water partition coefficient (Wildman–Crippen LogP) is 1.96. The lowest BCUT2D eigenvalue weighted by atomic mass is 10.1. The summed E-state index contributed by atoms with van der Waals surface area (Å²) >= 11 is 0. The highest BCUT2D eigenvalue weighted by atomic mass is 16.5. The van der Waals surface area contributed by atoms with Crippen LogP contribution in [0.2, 0.25) is 0 Å². The molecule has 5 heteroatoms. The van der Waals surface area contributed by atoms with Gasteiger partial charge in [0.05, 0.1) is 25.4 Å². The highest BCUT2D eigenvalue weighted by Crippen LogP contribution is 2.07. The first kappa shape index (κ1) is 21.8. The van der Waals surface area contributed by atoms with Crippen molar-refractivity contribution in [3.05, 3.63) is 0 Å². The van der Waals surface area contributed by atoms with E-state index in [1.54, 1.807) is 0 Å². The summed E-state index contributed by atoms with van der Waals surface area (Å²) < 4.78 is 10.9. The molecule has 134 valence electrons. The van der Waals surface area contributed by atoms with Gasteiger partial charge in [0, 0.05) is 25.8 Å². The summed E-state index contributed by atoms with van der Waals surface area (Å²) in [6, 6.07) is 0.377. The molecule has 2 unspecified atom stereocenters. The van der Waals surface area contributed by atoms with Crippen LogP contribution in [-0.4, -0.2) is 61.4 Å². The molecule has 5 nitrogen and oxygen atoms in total. The van der Waals surface area contributed by atoms with Gasteiger partial charge in [0.25, 0.3) is 0 Å². The van der Waals surface area contributed by atoms with Gasteiger partial charge in [0.15, 0.2) is 0 Å². The first-order valence-corrected chi connectivity index (χ1v) is 8.66. The fourth-order valence-electron chi connectivity index (χ4n) is 1.89. The monoisotopic (exact) mass is 319 g/mol. The van der Waals surface area contributed by atoms with Gasteiger partial charge in [-0.3, -0.25) is 0 Å². The number of hydrogen-bond donors (Lipinski definition) is 3. The Hall–Kier alpha value is -0.200. The molecule has 0 bridgehead atoms. The van der Waals surface area contributed by atoms with Crippen LogP contribution in [0.15, 0.2) is 0 Å². The Morgan fingerprint density at radius 2 is 1.36 bits per heavy atom. The van der Waals surface area contributed by atoms with Crippen molar-refractivity contribution in [2.75, 3.05) is 33.0 Å². The Bertz CT molecular complexity index is 213. The molecule has 0 aromatic heterocycles. The lowest BCUT2D eigenvalue weighted by Gasteiger charge is -2.14. The van der Waals surface area contributed by atoms with Gasteiger partial charge < -0.3 is 25.0 Å². The minimum atomic E-state index is -0.449. The zero-order valence-electron chi connectivity index (χ0n) is 14.9. The Balaban J connectivity index is 3.26. The molecule has 0 aromatic rings. The van der Waals surface area contributed by atoms with Gasteiger partial charge in [-0.15, -0.1) is 0 Å². The molecule has 0 aliphatic heterocycles. The quantitative estimate of drug-likeness (QED) is 0.403. The van der Waals surface area contributed by atoms with Gasteiger partial charge in [-0.05, 0) is 31.6 Å². The SMILES string of the molecule is CC(C)CCC(O)COCCCCOCC(O)CNC(C)C. The first-order valence-electron chi connectivity index (χ1n) is 8.66. The summed E-state index contributed by atoms with van der Waals surface area (Å²) in [6.07, 6.45) is 2.87. The van der Waals surface area contributed by atoms with E-state index in [1.807, 2.05) is 13.8 Å². The Morgan fingerprint density at radius 1 is 0.818 bits per heavy atom. The topological polar surface area (TPSA) is 71.0 Å². The van der Waals surface area contributed by atoms with Crippen LogP contribution in [0.5, 0.6) is 0 Å². The highest BCUT2D eigenvalue weighted by Gasteiger charge is 2.06. The largest absolute Gasteiger partial charge is 0.391 e. The van der Waals surface area contributed by atoms with Crippen LogP contribution in [0, 0.1) is 5.92 Å². The number of rotatable bonds is 15. The first-order chi connectivity index (χ1) is 10.4. The highest BCUT2D eigenvalue weighted by molar-refractivity contribution is 4.61. The van der Waals surface area contributed by atoms with Crippen LogP contribution in [0.1, 0.15) is 53.4 Å². The number of hydrogen-bond acceptors (Lipinski definition) is 5. The van der Waals surface area contributed by atoms with Crippen molar-refractivity contribution in [1.82, 2.24) is 5.32 Å². The van der Waals surface area contributed by atoms with Crippen molar-refractivity contribution in [1.29, 1.82) is 0 Å². The summed E-state index contributed by atoms with van der Waals surface area (Å²) in [7, 11) is 0. The molecule has 0 heterocycles. The minimum Gasteiger partial charge on any atom is -0.391 e. The third-order valence-electron chi connectivity index (χ3n) is 3.29. The summed E-state index contributed by atoms with van der Waals surface area (Å²) in [4.78, 5) is 0. The molecular formula is C17H37NO4. The van der Waals surface area contributed by atoms with Crippen LogP contribution in [-0.2, 0) is 9.47 Å². The van der Waals surface area contributed by atoms with E-state index in [-0.39, 0.29) is 6.10 Å². The summed E-state index contributed by atoms with van der Waals surface area (Å²) in [5.74, 6) is 0.623. The van der Waals surface area contributed by atoms with E-state index in [2.05, 4.69) is 19.2 Å². The zero-order chi connectivity index (χ0) is 16.8. The van der Waals surface area contributed by atoms with Gasteiger partial charge >= 0.3 is 0 Å². The van der Waals surface area contributed by atoms with Crippen molar-refractivity contribution in [2.45, 2.75) is 71.6 Å². The molecule has 0 aliphatic carbocycles. The molecule has 0 saturated carbocycles. The van der Waals surface area contributed by atoms with Gasteiger partial charge in [-0.25, -0.2) is 0 Å². The molecular weight excluding hydrogens is 282 g/mol. The van der Waals surface area contributed by atoms with Crippen molar-refractivity contribution in [3.63, 3.8) is 0 Å². The second-order valence-electron chi connectivity index (χ2n) is 6.70. The van der Waals surface area contributed by atoms with E-state index in [1.165, 1.54) is 0 Å². The molecule has 22 heavy (non-hydrogen) atoms. The van der Waals surface area contributed by atoms with Crippen molar-refractivity contribution < 1.29 is 19.7 Å². The van der Waals surface area contributed by atoms with Crippen LogP contribution in [0.25, 0.3) is 0 Å². The molecule has 0 radical (unpaired) electrons. The van der Waals surface area contributed by atoms with Crippen LogP contribution in [0.4, 0.5) is 0 Å². The Kier molecular flexibility index (Phi) is 14.3. The molecule has 0 saturated heterocycles. The molecule has 0 aliphatic rings. The maximum Gasteiger partial charge on any atom is 0.0897 e. The lowest BCUT2D eigenvalue weighted by Crippen LogP contribution is -2.34. The van der Waals surface area contributed by atoms with Gasteiger partial charge in [0.2, 0.25) is 0 Å². The van der Waals surface area contributed by atoms with E-state index in [4.69, 9.17) is 9.47 Å². The third kappa shape index (κ3) is 16.2. The predicted molar refractivity (Wildman–Crippen MR) is 90.1 cm³/mol. The van der Waals surface area contributed by atoms with Gasteiger partial charge in [-0.1, -0.05) is 27.7 Å². The second-order valence-corrected chi connectivity index (χ2v) is 6.70. The van der Waals surface area contributed by atoms with Crippen LogP contribution < -0.4 is 5.32 Å². The third-order valence-corrected chi connectivity index (χ3v) is 3.29. The summed E-state index contributed by atoms with van der Waals surface area (Å²) in [6.45, 7) is 11.1. The maximum atomic E-state index is 9.71. The standard InChI is InChI=1S/C17H37NO4/c1-14(2)7-8-16(19)12-21-9-5-6-10-22-13-17(20)11-18-15(3)4/h14-20H,5-13H2,1-4H3. The van der Waals surface area contributed by atoms with E-state index in [9.17, 15) is 10.2 Å². The number of aliphatic hydroxyl groups excluding tert-OH is 2. The maximum absolute atomic E-state index is 9.71.